The van der Waals surface area contributed by atoms with Crippen molar-refractivity contribution in [1.82, 2.24) is 24.8 Å². The van der Waals surface area contributed by atoms with Crippen molar-refractivity contribution in [2.24, 2.45) is 0 Å². The van der Waals surface area contributed by atoms with Gasteiger partial charge in [0.1, 0.15) is 11.0 Å². The Bertz CT molecular complexity index is 1280. The number of morpholine rings is 1. The van der Waals surface area contributed by atoms with Crippen molar-refractivity contribution in [3.8, 4) is 0 Å². The molecule has 1 aromatic heterocycles. The van der Waals surface area contributed by atoms with Crippen LogP contribution in [0.1, 0.15) is 15.9 Å². The molecule has 0 bridgehead atoms. The van der Waals surface area contributed by atoms with Crippen LogP contribution in [0.2, 0.25) is 0 Å². The van der Waals surface area contributed by atoms with E-state index in [0.29, 0.717) is 29.8 Å². The quantitative estimate of drug-likeness (QED) is 0.432. The van der Waals surface area contributed by atoms with Crippen molar-refractivity contribution in [3.05, 3.63) is 53.6 Å². The zero-order chi connectivity index (χ0) is 24.1. The molecule has 13 heteroatoms. The number of esters is 1. The van der Waals surface area contributed by atoms with Crippen molar-refractivity contribution < 1.29 is 32.3 Å². The van der Waals surface area contributed by atoms with Gasteiger partial charge >= 0.3 is 5.97 Å². The van der Waals surface area contributed by atoms with E-state index >= 15 is 0 Å². The van der Waals surface area contributed by atoms with Gasteiger partial charge in [0.15, 0.2) is 6.61 Å². The number of ether oxygens (including phenoxy) is 2. The third-order valence-corrected chi connectivity index (χ3v) is 7.07. The first-order valence-electron chi connectivity index (χ1n) is 10.4. The lowest BCUT2D eigenvalue weighted by atomic mass is 10.1. The van der Waals surface area contributed by atoms with Gasteiger partial charge in [0.2, 0.25) is 10.0 Å². The first-order chi connectivity index (χ1) is 16.4. The van der Waals surface area contributed by atoms with Gasteiger partial charge in [0.05, 0.1) is 30.8 Å². The lowest BCUT2D eigenvalue weighted by Crippen LogP contribution is -2.40. The molecular weight excluding hydrogens is 466 g/mol. The van der Waals surface area contributed by atoms with Crippen LogP contribution in [0, 0.1) is 0 Å². The Hall–Kier alpha value is -3.55. The van der Waals surface area contributed by atoms with E-state index in [4.69, 9.17) is 9.57 Å². The van der Waals surface area contributed by atoms with Crippen LogP contribution in [0.4, 0.5) is 0 Å². The number of aromatic nitrogens is 3. The van der Waals surface area contributed by atoms with Crippen LogP contribution in [-0.2, 0) is 30.8 Å². The molecule has 0 saturated carbocycles. The Morgan fingerprint density at radius 2 is 1.85 bits per heavy atom. The maximum absolute atomic E-state index is 12.9. The summed E-state index contributed by atoms with van der Waals surface area (Å²) in [4.78, 5) is 30.2. The molecule has 1 aliphatic heterocycles. The van der Waals surface area contributed by atoms with E-state index in [2.05, 4.69) is 20.4 Å². The summed E-state index contributed by atoms with van der Waals surface area (Å²) in [6.45, 7) is 1.10. The lowest BCUT2D eigenvalue weighted by Gasteiger charge is -2.26. The minimum absolute atomic E-state index is 0.0777. The number of nitrogens with one attached hydrogen (secondary N) is 1. The maximum atomic E-state index is 12.9. The molecule has 0 atom stereocenters. The van der Waals surface area contributed by atoms with Crippen LogP contribution >= 0.6 is 0 Å². The number of fused-ring (bicyclic) bond motifs is 1. The normalized spacial score (nSPS) is 14.6. The molecule has 0 radical (unpaired) electrons. The molecule has 1 saturated heterocycles. The average molecular weight is 490 g/mol. The van der Waals surface area contributed by atoms with E-state index in [0.717, 1.165) is 10.4 Å². The molecule has 0 spiro atoms. The fourth-order valence-corrected chi connectivity index (χ4v) is 4.75. The highest BCUT2D eigenvalue weighted by Crippen LogP contribution is 2.21. The van der Waals surface area contributed by atoms with Gasteiger partial charge in [-0.3, -0.25) is 4.79 Å². The van der Waals surface area contributed by atoms with Crippen LogP contribution in [0.15, 0.2) is 47.4 Å². The SMILES string of the molecule is COC(=O)c1ccc(CNC(=O)COn2nnc3ccc(S(=O)(=O)N4CCOCC4)cc32)cc1. The Morgan fingerprint density at radius 3 is 2.56 bits per heavy atom. The topological polar surface area (TPSA) is 142 Å². The number of sulfonamides is 1. The summed E-state index contributed by atoms with van der Waals surface area (Å²) in [5.41, 5.74) is 1.94. The molecule has 2 aromatic carbocycles. The molecule has 2 heterocycles. The molecule has 34 heavy (non-hydrogen) atoms. The summed E-state index contributed by atoms with van der Waals surface area (Å²) in [7, 11) is -2.40. The molecule has 1 aliphatic rings. The van der Waals surface area contributed by atoms with E-state index in [9.17, 15) is 18.0 Å². The highest BCUT2D eigenvalue weighted by molar-refractivity contribution is 7.89. The van der Waals surface area contributed by atoms with Gasteiger partial charge < -0.3 is 19.6 Å². The number of carbonyl (C=O) groups excluding carboxylic acids is 2. The third-order valence-electron chi connectivity index (χ3n) is 5.18. The average Bonchev–Trinajstić information content (AvgIpc) is 3.29. The number of hydrogen-bond donors (Lipinski definition) is 1. The molecule has 1 amide bonds. The lowest BCUT2D eigenvalue weighted by molar-refractivity contribution is -0.126. The van der Waals surface area contributed by atoms with Gasteiger partial charge in [-0.25, -0.2) is 13.2 Å². The van der Waals surface area contributed by atoms with Gasteiger partial charge in [-0.05, 0) is 41.1 Å². The molecule has 12 nitrogen and oxygen atoms in total. The highest BCUT2D eigenvalue weighted by Gasteiger charge is 2.27. The van der Waals surface area contributed by atoms with Crippen LogP contribution < -0.4 is 10.2 Å². The predicted molar refractivity (Wildman–Crippen MR) is 118 cm³/mol. The number of carbonyl (C=O) groups is 2. The summed E-state index contributed by atoms with van der Waals surface area (Å²) in [6, 6.07) is 11.0. The molecule has 0 unspecified atom stereocenters. The third kappa shape index (κ3) is 5.16. The first-order valence-corrected chi connectivity index (χ1v) is 11.8. The Kier molecular flexibility index (Phi) is 7.05. The monoisotopic (exact) mass is 489 g/mol. The molecule has 180 valence electrons. The minimum Gasteiger partial charge on any atom is -0.465 e. The van der Waals surface area contributed by atoms with Crippen molar-refractivity contribution in [1.29, 1.82) is 0 Å². The van der Waals surface area contributed by atoms with Crippen LogP contribution in [0.5, 0.6) is 0 Å². The van der Waals surface area contributed by atoms with E-state index in [-0.39, 0.29) is 31.1 Å². The highest BCUT2D eigenvalue weighted by atomic mass is 32.2. The summed E-state index contributed by atoms with van der Waals surface area (Å²) in [6.07, 6.45) is 0. The zero-order valence-electron chi connectivity index (χ0n) is 18.3. The molecule has 3 aromatic rings. The summed E-state index contributed by atoms with van der Waals surface area (Å²) in [5, 5.41) is 10.5. The molecule has 0 aliphatic carbocycles. The minimum atomic E-state index is -3.71. The van der Waals surface area contributed by atoms with Gasteiger partial charge in [0, 0.05) is 19.6 Å². The molecule has 4 rings (SSSR count). The van der Waals surface area contributed by atoms with Gasteiger partial charge in [0.25, 0.3) is 5.91 Å². The van der Waals surface area contributed by atoms with E-state index in [1.165, 1.54) is 29.6 Å². The summed E-state index contributed by atoms with van der Waals surface area (Å²) < 4.78 is 37.1. The molecule has 1 fully saturated rings. The van der Waals surface area contributed by atoms with Crippen molar-refractivity contribution >= 4 is 32.9 Å². The van der Waals surface area contributed by atoms with E-state index in [1.54, 1.807) is 24.3 Å². The van der Waals surface area contributed by atoms with Crippen molar-refractivity contribution in [3.63, 3.8) is 0 Å². The number of benzene rings is 2. The Labute approximate surface area is 195 Å². The second-order valence-corrected chi connectivity index (χ2v) is 9.31. The standard InChI is InChI=1S/C21H23N5O7S/c1-31-21(28)16-4-2-15(3-5-16)13-22-20(27)14-33-26-19-12-17(6-7-18(19)23-24-26)34(29,30)25-8-10-32-11-9-25/h2-7,12H,8-11,13-14H2,1H3,(H,22,27). The van der Waals surface area contributed by atoms with E-state index < -0.39 is 21.9 Å². The van der Waals surface area contributed by atoms with Gasteiger partial charge in [-0.15, -0.1) is 5.10 Å². The Morgan fingerprint density at radius 1 is 1.12 bits per heavy atom. The number of rotatable bonds is 8. The van der Waals surface area contributed by atoms with Gasteiger partial charge in [-0.2, -0.15) is 4.31 Å². The fourth-order valence-electron chi connectivity index (χ4n) is 3.32. The Balaban J connectivity index is 1.38. The van der Waals surface area contributed by atoms with Crippen molar-refractivity contribution in [2.75, 3.05) is 40.0 Å². The summed E-state index contributed by atoms with van der Waals surface area (Å²) >= 11 is 0. The van der Waals surface area contributed by atoms with Gasteiger partial charge in [-0.1, -0.05) is 17.0 Å². The number of nitrogens with zero attached hydrogens (tertiary/aromatic N) is 4. The fraction of sp³-hybridized carbons (Fsp3) is 0.333. The first kappa shape index (κ1) is 23.6. The van der Waals surface area contributed by atoms with E-state index in [1.807, 2.05) is 0 Å². The molecular formula is C21H23N5O7S. The maximum Gasteiger partial charge on any atom is 0.337 e. The second kappa shape index (κ2) is 10.2. The number of methoxy groups -OCH3 is 1. The zero-order valence-corrected chi connectivity index (χ0v) is 19.2. The summed E-state index contributed by atoms with van der Waals surface area (Å²) in [5.74, 6) is -0.859. The van der Waals surface area contributed by atoms with Crippen LogP contribution in [-0.4, -0.2) is 79.8 Å². The number of hydrogen-bond acceptors (Lipinski definition) is 9. The van der Waals surface area contributed by atoms with Crippen LogP contribution in [0.25, 0.3) is 11.0 Å². The second-order valence-electron chi connectivity index (χ2n) is 7.37. The van der Waals surface area contributed by atoms with Crippen LogP contribution in [0.3, 0.4) is 0 Å². The number of amides is 1. The molecule has 1 N–H and O–H groups in total. The predicted octanol–water partition coefficient (Wildman–Crippen LogP) is -0.0162. The van der Waals surface area contributed by atoms with Crippen molar-refractivity contribution in [2.45, 2.75) is 11.4 Å². The largest absolute Gasteiger partial charge is 0.465 e. The smallest absolute Gasteiger partial charge is 0.337 e.